The Morgan fingerprint density at radius 2 is 2.10 bits per heavy atom. The molecule has 0 saturated carbocycles. The fourth-order valence-corrected chi connectivity index (χ4v) is 1.98. The molecular formula is C13H13ClN2O4. The topological polar surface area (TPSA) is 70.5 Å². The molecule has 20 heavy (non-hydrogen) atoms. The number of halogens is 1. The van der Waals surface area contributed by atoms with Crippen molar-refractivity contribution in [3.8, 4) is 11.8 Å². The molecule has 0 fully saturated rings. The van der Waals surface area contributed by atoms with Gasteiger partial charge in [0.1, 0.15) is 5.52 Å². The number of hydrogen-bond acceptors (Lipinski definition) is 6. The van der Waals surface area contributed by atoms with Crippen LogP contribution in [0.5, 0.6) is 11.8 Å². The summed E-state index contributed by atoms with van der Waals surface area (Å²) in [7, 11) is 2.94. The maximum atomic E-state index is 11.8. The summed E-state index contributed by atoms with van der Waals surface area (Å²) in [5, 5.41) is 0.744. The molecule has 7 heteroatoms. The van der Waals surface area contributed by atoms with Gasteiger partial charge in [-0.05, 0) is 6.92 Å². The van der Waals surface area contributed by atoms with Crippen LogP contribution in [0.1, 0.15) is 17.3 Å². The highest BCUT2D eigenvalue weighted by Crippen LogP contribution is 2.33. The van der Waals surface area contributed by atoms with E-state index in [0.717, 1.165) is 0 Å². The van der Waals surface area contributed by atoms with E-state index in [9.17, 15) is 4.79 Å². The van der Waals surface area contributed by atoms with Gasteiger partial charge in [0.25, 0.3) is 0 Å². The van der Waals surface area contributed by atoms with Gasteiger partial charge in [0.05, 0.1) is 31.4 Å². The van der Waals surface area contributed by atoms with Gasteiger partial charge in [0.2, 0.25) is 11.8 Å². The molecule has 0 bridgehead atoms. The zero-order valence-corrected chi connectivity index (χ0v) is 12.0. The summed E-state index contributed by atoms with van der Waals surface area (Å²) in [6, 6.07) is 1.59. The van der Waals surface area contributed by atoms with E-state index in [1.807, 2.05) is 0 Å². The molecular weight excluding hydrogens is 284 g/mol. The minimum Gasteiger partial charge on any atom is -0.481 e. The highest BCUT2D eigenvalue weighted by Gasteiger charge is 2.18. The number of rotatable bonds is 4. The summed E-state index contributed by atoms with van der Waals surface area (Å²) >= 11 is 6.25. The van der Waals surface area contributed by atoms with Crippen molar-refractivity contribution >= 4 is 28.5 Å². The number of ether oxygens (including phenoxy) is 3. The first-order valence-electron chi connectivity index (χ1n) is 5.86. The number of esters is 1. The van der Waals surface area contributed by atoms with Crippen LogP contribution in [-0.4, -0.2) is 36.8 Å². The Morgan fingerprint density at radius 3 is 2.70 bits per heavy atom. The van der Waals surface area contributed by atoms with Gasteiger partial charge >= 0.3 is 5.97 Å². The molecule has 0 unspecified atom stereocenters. The van der Waals surface area contributed by atoms with E-state index in [2.05, 4.69) is 9.97 Å². The number of aromatic nitrogens is 2. The van der Waals surface area contributed by atoms with Gasteiger partial charge in [0.15, 0.2) is 0 Å². The van der Waals surface area contributed by atoms with E-state index in [1.165, 1.54) is 20.4 Å². The molecule has 0 aliphatic carbocycles. The minimum absolute atomic E-state index is 0.191. The van der Waals surface area contributed by atoms with Crippen LogP contribution in [0.2, 0.25) is 5.02 Å². The molecule has 2 aromatic rings. The molecule has 0 atom stereocenters. The maximum absolute atomic E-state index is 11.8. The second-order valence-electron chi connectivity index (χ2n) is 3.78. The summed E-state index contributed by atoms with van der Waals surface area (Å²) < 4.78 is 15.1. The Morgan fingerprint density at radius 1 is 1.35 bits per heavy atom. The van der Waals surface area contributed by atoms with Gasteiger partial charge in [0, 0.05) is 17.6 Å². The third kappa shape index (κ3) is 2.46. The van der Waals surface area contributed by atoms with E-state index in [1.54, 1.807) is 13.0 Å². The lowest BCUT2D eigenvalue weighted by molar-refractivity contribution is 0.0526. The first-order valence-corrected chi connectivity index (χ1v) is 6.24. The van der Waals surface area contributed by atoms with Crippen molar-refractivity contribution < 1.29 is 19.0 Å². The second-order valence-corrected chi connectivity index (χ2v) is 4.15. The predicted molar refractivity (Wildman–Crippen MR) is 73.6 cm³/mol. The second kappa shape index (κ2) is 5.92. The zero-order chi connectivity index (χ0) is 14.7. The number of methoxy groups -OCH3 is 2. The molecule has 2 aromatic heterocycles. The molecule has 0 radical (unpaired) electrons. The molecule has 0 N–H and O–H groups in total. The highest BCUT2D eigenvalue weighted by atomic mass is 35.5. The van der Waals surface area contributed by atoms with E-state index >= 15 is 0 Å². The summed E-state index contributed by atoms with van der Waals surface area (Å²) in [6.07, 6.45) is 1.35. The van der Waals surface area contributed by atoms with Crippen LogP contribution in [0.4, 0.5) is 0 Å². The van der Waals surface area contributed by atoms with Crippen molar-refractivity contribution in [1.82, 2.24) is 9.97 Å². The van der Waals surface area contributed by atoms with Gasteiger partial charge in [-0.25, -0.2) is 9.78 Å². The number of carbonyl (C=O) groups is 1. The minimum atomic E-state index is -0.526. The smallest absolute Gasteiger partial charge is 0.341 e. The van der Waals surface area contributed by atoms with Crippen LogP contribution >= 0.6 is 11.6 Å². The van der Waals surface area contributed by atoms with Crippen LogP contribution in [0.3, 0.4) is 0 Å². The first-order chi connectivity index (χ1) is 9.62. The fourth-order valence-electron chi connectivity index (χ4n) is 1.71. The average Bonchev–Trinajstić information content (AvgIpc) is 2.46. The Bertz CT molecular complexity index is 660. The van der Waals surface area contributed by atoms with E-state index in [-0.39, 0.29) is 23.1 Å². The Kier molecular flexibility index (Phi) is 4.24. The average molecular weight is 297 g/mol. The molecule has 6 nitrogen and oxygen atoms in total. The van der Waals surface area contributed by atoms with Crippen molar-refractivity contribution in [2.45, 2.75) is 6.92 Å². The van der Waals surface area contributed by atoms with E-state index < -0.39 is 5.97 Å². The lowest BCUT2D eigenvalue weighted by Gasteiger charge is -2.10. The van der Waals surface area contributed by atoms with E-state index in [4.69, 9.17) is 25.8 Å². The molecule has 0 aromatic carbocycles. The Balaban J connectivity index is 2.68. The third-order valence-corrected chi connectivity index (χ3v) is 3.04. The SMILES string of the molecule is CCOC(=O)c1cnc2c(OC)nc(OC)cc2c1Cl. The van der Waals surface area contributed by atoms with E-state index in [0.29, 0.717) is 16.8 Å². The predicted octanol–water partition coefficient (Wildman–Crippen LogP) is 2.48. The molecule has 0 aliphatic heterocycles. The molecule has 0 spiro atoms. The van der Waals surface area contributed by atoms with Crippen molar-refractivity contribution in [3.63, 3.8) is 0 Å². The lowest BCUT2D eigenvalue weighted by Crippen LogP contribution is -2.07. The van der Waals surface area contributed by atoms with Crippen molar-refractivity contribution in [2.24, 2.45) is 0 Å². The number of pyridine rings is 2. The largest absolute Gasteiger partial charge is 0.481 e. The molecule has 0 amide bonds. The molecule has 2 rings (SSSR count). The van der Waals surface area contributed by atoms with Crippen LogP contribution in [0, 0.1) is 0 Å². The summed E-state index contributed by atoms with van der Waals surface area (Å²) in [4.78, 5) is 20.1. The third-order valence-electron chi connectivity index (χ3n) is 2.63. The Hall–Kier alpha value is -2.08. The fraction of sp³-hybridized carbons (Fsp3) is 0.308. The van der Waals surface area contributed by atoms with Gasteiger partial charge in [-0.3, -0.25) is 0 Å². The van der Waals surface area contributed by atoms with Crippen LogP contribution in [0.15, 0.2) is 12.3 Å². The first kappa shape index (κ1) is 14.3. The van der Waals surface area contributed by atoms with Gasteiger partial charge in [-0.1, -0.05) is 11.6 Å². The molecule has 106 valence electrons. The van der Waals surface area contributed by atoms with Gasteiger partial charge < -0.3 is 14.2 Å². The van der Waals surface area contributed by atoms with Crippen molar-refractivity contribution in [1.29, 1.82) is 0 Å². The monoisotopic (exact) mass is 296 g/mol. The van der Waals surface area contributed by atoms with Gasteiger partial charge in [-0.2, -0.15) is 4.98 Å². The zero-order valence-electron chi connectivity index (χ0n) is 11.3. The number of carbonyl (C=O) groups excluding carboxylic acids is 1. The normalized spacial score (nSPS) is 10.4. The molecule has 0 saturated heterocycles. The number of hydrogen-bond donors (Lipinski definition) is 0. The Labute approximate surface area is 120 Å². The summed E-state index contributed by atoms with van der Waals surface area (Å²) in [5.74, 6) is 0.0670. The quantitative estimate of drug-likeness (QED) is 0.807. The number of nitrogens with zero attached hydrogens (tertiary/aromatic N) is 2. The van der Waals surface area contributed by atoms with Crippen molar-refractivity contribution in [3.05, 3.63) is 22.8 Å². The van der Waals surface area contributed by atoms with Crippen LogP contribution in [0.25, 0.3) is 10.9 Å². The van der Waals surface area contributed by atoms with Crippen molar-refractivity contribution in [2.75, 3.05) is 20.8 Å². The highest BCUT2D eigenvalue weighted by molar-refractivity contribution is 6.38. The number of fused-ring (bicyclic) bond motifs is 1. The summed E-state index contributed by atoms with van der Waals surface area (Å²) in [6.45, 7) is 1.98. The standard InChI is InChI=1S/C13H13ClN2O4/c1-4-20-13(17)8-6-15-11-7(10(8)14)5-9(18-2)16-12(11)19-3/h5-6H,4H2,1-3H3. The molecule has 0 aliphatic rings. The summed E-state index contributed by atoms with van der Waals surface area (Å²) in [5.41, 5.74) is 0.641. The lowest BCUT2D eigenvalue weighted by atomic mass is 10.2. The van der Waals surface area contributed by atoms with Crippen LogP contribution < -0.4 is 9.47 Å². The van der Waals surface area contributed by atoms with Gasteiger partial charge in [-0.15, -0.1) is 0 Å². The maximum Gasteiger partial charge on any atom is 0.341 e. The van der Waals surface area contributed by atoms with Crippen LogP contribution in [-0.2, 0) is 4.74 Å². The molecule has 2 heterocycles.